The maximum atomic E-state index is 12.3. The first-order valence-electron chi connectivity index (χ1n) is 5.45. The second kappa shape index (κ2) is 5.37. The van der Waals surface area contributed by atoms with Gasteiger partial charge in [0.1, 0.15) is 0 Å². The van der Waals surface area contributed by atoms with Crippen LogP contribution in [0.25, 0.3) is 0 Å². The van der Waals surface area contributed by atoms with Gasteiger partial charge in [-0.2, -0.15) is 0 Å². The summed E-state index contributed by atoms with van der Waals surface area (Å²) in [7, 11) is 0. The van der Waals surface area contributed by atoms with Gasteiger partial charge < -0.3 is 10.1 Å². The fourth-order valence-corrected chi connectivity index (χ4v) is 1.88. The van der Waals surface area contributed by atoms with Gasteiger partial charge in [-0.3, -0.25) is 0 Å². The minimum atomic E-state index is -2.29. The first-order valence-corrected chi connectivity index (χ1v) is 5.45. The highest BCUT2D eigenvalue weighted by Gasteiger charge is 2.16. The molecule has 1 N–H and O–H groups in total. The monoisotopic (exact) mass is 227 g/mol. The lowest BCUT2D eigenvalue weighted by molar-refractivity contribution is 0.0276. The average Bonchev–Trinajstić information content (AvgIpc) is 2.30. The van der Waals surface area contributed by atoms with Gasteiger partial charge in [-0.05, 0) is 11.1 Å². The lowest BCUT2D eigenvalue weighted by atomic mass is 10.0. The van der Waals surface area contributed by atoms with Crippen LogP contribution in [0.15, 0.2) is 24.3 Å². The van der Waals surface area contributed by atoms with Gasteiger partial charge in [0.05, 0.1) is 12.7 Å². The van der Waals surface area contributed by atoms with Gasteiger partial charge in [0, 0.05) is 19.5 Å². The predicted octanol–water partition coefficient (Wildman–Crippen LogP) is 2.16. The third kappa shape index (κ3) is 3.00. The molecule has 1 heterocycles. The van der Waals surface area contributed by atoms with Crippen molar-refractivity contribution in [3.05, 3.63) is 35.4 Å². The van der Waals surface area contributed by atoms with E-state index < -0.39 is 6.43 Å². The average molecular weight is 227 g/mol. The third-order valence-electron chi connectivity index (χ3n) is 2.64. The number of hydrogen-bond acceptors (Lipinski definition) is 2. The number of halogens is 2. The first kappa shape index (κ1) is 11.5. The molecule has 0 amide bonds. The van der Waals surface area contributed by atoms with Crippen molar-refractivity contribution in [2.75, 3.05) is 19.7 Å². The fraction of sp³-hybridized carbons (Fsp3) is 0.500. The van der Waals surface area contributed by atoms with Crippen molar-refractivity contribution in [3.8, 4) is 0 Å². The quantitative estimate of drug-likeness (QED) is 0.854. The predicted molar refractivity (Wildman–Crippen MR) is 57.7 cm³/mol. The largest absolute Gasteiger partial charge is 0.371 e. The Morgan fingerprint density at radius 3 is 3.00 bits per heavy atom. The molecule has 1 aromatic carbocycles. The smallest absolute Gasteiger partial charge is 0.242 e. The fourth-order valence-electron chi connectivity index (χ4n) is 1.88. The number of nitrogens with one attached hydrogen (secondary N) is 1. The normalized spacial score (nSPS) is 21.3. The Bertz CT molecular complexity index is 338. The topological polar surface area (TPSA) is 21.3 Å². The minimum absolute atomic E-state index is 0.00799. The number of morpholine rings is 1. The standard InChI is InChI=1S/C12H15F2NO/c13-12(14)7-9-2-1-3-10(6-9)11-8-15-4-5-16-11/h1-3,6,11-12,15H,4-5,7-8H2. The van der Waals surface area contributed by atoms with Crippen LogP contribution in [0.2, 0.25) is 0 Å². The van der Waals surface area contributed by atoms with Gasteiger partial charge in [-0.25, -0.2) is 8.78 Å². The Kier molecular flexibility index (Phi) is 3.85. The Balaban J connectivity index is 2.08. The van der Waals surface area contributed by atoms with Crippen LogP contribution in [0.1, 0.15) is 17.2 Å². The van der Waals surface area contributed by atoms with Gasteiger partial charge >= 0.3 is 0 Å². The molecule has 1 fully saturated rings. The van der Waals surface area contributed by atoms with Gasteiger partial charge in [-0.15, -0.1) is 0 Å². The number of alkyl halides is 2. The van der Waals surface area contributed by atoms with Gasteiger partial charge in [0.2, 0.25) is 6.43 Å². The van der Waals surface area contributed by atoms with E-state index >= 15 is 0 Å². The molecule has 88 valence electrons. The van der Waals surface area contributed by atoms with Crippen molar-refractivity contribution < 1.29 is 13.5 Å². The molecule has 0 aromatic heterocycles. The summed E-state index contributed by atoms with van der Waals surface area (Å²) >= 11 is 0. The van der Waals surface area contributed by atoms with Crippen LogP contribution >= 0.6 is 0 Å². The van der Waals surface area contributed by atoms with Crippen LogP contribution in [0, 0.1) is 0 Å². The molecule has 0 aliphatic carbocycles. The maximum Gasteiger partial charge on any atom is 0.242 e. The van der Waals surface area contributed by atoms with E-state index in [0.717, 1.165) is 18.7 Å². The maximum absolute atomic E-state index is 12.3. The van der Waals surface area contributed by atoms with E-state index in [1.165, 1.54) is 0 Å². The van der Waals surface area contributed by atoms with Crippen LogP contribution in [-0.2, 0) is 11.2 Å². The Labute approximate surface area is 93.6 Å². The Morgan fingerprint density at radius 1 is 1.44 bits per heavy atom. The van der Waals surface area contributed by atoms with Crippen LogP contribution in [0.4, 0.5) is 8.78 Å². The number of ether oxygens (including phenoxy) is 1. The van der Waals surface area contributed by atoms with E-state index in [1.54, 1.807) is 6.07 Å². The van der Waals surface area contributed by atoms with Crippen molar-refractivity contribution in [1.29, 1.82) is 0 Å². The molecule has 0 radical (unpaired) electrons. The summed E-state index contributed by atoms with van der Waals surface area (Å²) < 4.78 is 30.1. The summed E-state index contributed by atoms with van der Waals surface area (Å²) in [6.07, 6.45) is -2.49. The molecule has 1 aromatic rings. The third-order valence-corrected chi connectivity index (χ3v) is 2.64. The summed E-state index contributed by atoms with van der Waals surface area (Å²) in [6, 6.07) is 7.27. The summed E-state index contributed by atoms with van der Waals surface area (Å²) in [5.74, 6) is 0. The summed E-state index contributed by atoms with van der Waals surface area (Å²) in [5, 5.41) is 3.22. The van der Waals surface area contributed by atoms with Crippen molar-refractivity contribution >= 4 is 0 Å². The van der Waals surface area contributed by atoms with Crippen LogP contribution in [-0.4, -0.2) is 26.1 Å². The molecule has 2 nitrogen and oxygen atoms in total. The van der Waals surface area contributed by atoms with Crippen LogP contribution in [0.3, 0.4) is 0 Å². The van der Waals surface area contributed by atoms with Crippen LogP contribution < -0.4 is 5.32 Å². The highest BCUT2D eigenvalue weighted by atomic mass is 19.3. The number of benzene rings is 1. The summed E-state index contributed by atoms with van der Waals surface area (Å²) in [5.41, 5.74) is 1.65. The molecule has 1 aliphatic rings. The summed E-state index contributed by atoms with van der Waals surface area (Å²) in [4.78, 5) is 0. The Hall–Kier alpha value is -1.00. The molecule has 1 atom stereocenters. The molecule has 0 saturated carbocycles. The lowest BCUT2D eigenvalue weighted by Crippen LogP contribution is -2.33. The number of hydrogen-bond donors (Lipinski definition) is 1. The highest BCUT2D eigenvalue weighted by molar-refractivity contribution is 5.26. The zero-order valence-corrected chi connectivity index (χ0v) is 8.96. The first-order chi connectivity index (χ1) is 7.75. The van der Waals surface area contributed by atoms with Crippen LogP contribution in [0.5, 0.6) is 0 Å². The van der Waals surface area contributed by atoms with E-state index in [0.29, 0.717) is 12.2 Å². The van der Waals surface area contributed by atoms with Gasteiger partial charge in [-0.1, -0.05) is 24.3 Å². The SMILES string of the molecule is FC(F)Cc1cccc(C2CNCCO2)c1. The zero-order valence-electron chi connectivity index (χ0n) is 8.96. The van der Waals surface area contributed by atoms with E-state index in [1.807, 2.05) is 18.2 Å². The molecule has 1 unspecified atom stereocenters. The van der Waals surface area contributed by atoms with Crippen molar-refractivity contribution in [2.24, 2.45) is 0 Å². The molecular weight excluding hydrogens is 212 g/mol. The zero-order chi connectivity index (χ0) is 11.4. The minimum Gasteiger partial charge on any atom is -0.371 e. The van der Waals surface area contributed by atoms with E-state index in [4.69, 9.17) is 4.74 Å². The van der Waals surface area contributed by atoms with Crippen molar-refractivity contribution in [2.45, 2.75) is 19.0 Å². The molecule has 0 spiro atoms. The van der Waals surface area contributed by atoms with Gasteiger partial charge in [0.25, 0.3) is 0 Å². The van der Waals surface area contributed by atoms with Crippen molar-refractivity contribution in [3.63, 3.8) is 0 Å². The van der Waals surface area contributed by atoms with Crippen molar-refractivity contribution in [1.82, 2.24) is 5.32 Å². The molecule has 2 rings (SSSR count). The Morgan fingerprint density at radius 2 is 2.31 bits per heavy atom. The molecule has 1 saturated heterocycles. The van der Waals surface area contributed by atoms with E-state index in [2.05, 4.69) is 5.32 Å². The molecule has 16 heavy (non-hydrogen) atoms. The molecule has 4 heteroatoms. The highest BCUT2D eigenvalue weighted by Crippen LogP contribution is 2.20. The van der Waals surface area contributed by atoms with E-state index in [-0.39, 0.29) is 12.5 Å². The van der Waals surface area contributed by atoms with E-state index in [9.17, 15) is 8.78 Å². The second-order valence-electron chi connectivity index (χ2n) is 3.90. The summed E-state index contributed by atoms with van der Waals surface area (Å²) in [6.45, 7) is 2.27. The molecule has 0 bridgehead atoms. The molecular formula is C12H15F2NO. The molecule has 1 aliphatic heterocycles. The van der Waals surface area contributed by atoms with Gasteiger partial charge in [0.15, 0.2) is 0 Å². The second-order valence-corrected chi connectivity index (χ2v) is 3.90. The lowest BCUT2D eigenvalue weighted by Gasteiger charge is -2.24. The number of rotatable bonds is 3.